The van der Waals surface area contributed by atoms with Crippen molar-refractivity contribution in [2.75, 3.05) is 52.5 Å². The number of hydrogen-bond donors (Lipinski definition) is 1. The molecular formula is C26H36N4O3S. The number of thiazole rings is 1. The molecule has 2 aromatic rings. The van der Waals surface area contributed by atoms with Crippen LogP contribution in [-0.4, -0.2) is 79.1 Å². The van der Waals surface area contributed by atoms with Gasteiger partial charge in [0.2, 0.25) is 5.91 Å². The second-order valence-corrected chi connectivity index (χ2v) is 10.3. The summed E-state index contributed by atoms with van der Waals surface area (Å²) in [6.07, 6.45) is 2.68. The van der Waals surface area contributed by atoms with E-state index in [9.17, 15) is 9.59 Å². The fourth-order valence-corrected chi connectivity index (χ4v) is 5.80. The molecule has 184 valence electrons. The molecule has 3 heterocycles. The Labute approximate surface area is 206 Å². The molecule has 1 aromatic heterocycles. The van der Waals surface area contributed by atoms with Gasteiger partial charge in [0.25, 0.3) is 5.91 Å². The molecule has 1 unspecified atom stereocenters. The summed E-state index contributed by atoms with van der Waals surface area (Å²) in [6, 6.07) is 9.99. The minimum atomic E-state index is -0.0320. The van der Waals surface area contributed by atoms with Crippen molar-refractivity contribution in [3.63, 3.8) is 0 Å². The van der Waals surface area contributed by atoms with Crippen LogP contribution < -0.4 is 5.32 Å². The number of aromatic nitrogens is 1. The number of rotatable bonds is 8. The predicted octanol–water partition coefficient (Wildman–Crippen LogP) is 3.45. The smallest absolute Gasteiger partial charge is 0.265 e. The monoisotopic (exact) mass is 484 g/mol. The number of likely N-dealkylation sites (tertiary alicyclic amines) is 1. The standard InChI is InChI=1S/C26H36N4O3S/c1-19(24(31)27-11-6-12-29-15-17-33-18-16-29)21-9-13-30(14-10-21)26(32)23-20(2)28-25(34-23)22-7-4-3-5-8-22/h3-5,7-8,19,21H,6,9-18H2,1-2H3,(H,27,31). The lowest BCUT2D eigenvalue weighted by Gasteiger charge is -2.34. The molecule has 2 saturated heterocycles. The molecule has 2 amide bonds. The predicted molar refractivity (Wildman–Crippen MR) is 135 cm³/mol. The first-order chi connectivity index (χ1) is 16.5. The van der Waals surface area contributed by atoms with Gasteiger partial charge in [0, 0.05) is 44.2 Å². The van der Waals surface area contributed by atoms with Gasteiger partial charge >= 0.3 is 0 Å². The summed E-state index contributed by atoms with van der Waals surface area (Å²) in [5.41, 5.74) is 1.83. The van der Waals surface area contributed by atoms with Gasteiger partial charge in [0.15, 0.2) is 0 Å². The van der Waals surface area contributed by atoms with Gasteiger partial charge in [-0.15, -0.1) is 11.3 Å². The van der Waals surface area contributed by atoms with Crippen molar-refractivity contribution in [2.45, 2.75) is 33.1 Å². The van der Waals surface area contributed by atoms with Crippen LogP contribution in [-0.2, 0) is 9.53 Å². The lowest BCUT2D eigenvalue weighted by atomic mass is 9.84. The minimum absolute atomic E-state index is 0.0320. The van der Waals surface area contributed by atoms with Crippen LogP contribution in [0.3, 0.4) is 0 Å². The van der Waals surface area contributed by atoms with Crippen molar-refractivity contribution >= 4 is 23.2 Å². The molecule has 0 aliphatic carbocycles. The molecule has 7 nitrogen and oxygen atoms in total. The molecule has 0 spiro atoms. The zero-order valence-corrected chi connectivity index (χ0v) is 21.1. The number of nitrogens with zero attached hydrogens (tertiary/aromatic N) is 3. The van der Waals surface area contributed by atoms with E-state index in [1.54, 1.807) is 0 Å². The van der Waals surface area contributed by atoms with Gasteiger partial charge in [0.05, 0.1) is 18.9 Å². The number of aryl methyl sites for hydroxylation is 1. The van der Waals surface area contributed by atoms with Gasteiger partial charge < -0.3 is 15.0 Å². The molecule has 0 radical (unpaired) electrons. The van der Waals surface area contributed by atoms with Crippen molar-refractivity contribution in [3.05, 3.63) is 40.9 Å². The first-order valence-corrected chi connectivity index (χ1v) is 13.2. The van der Waals surface area contributed by atoms with E-state index in [4.69, 9.17) is 4.74 Å². The first-order valence-electron chi connectivity index (χ1n) is 12.4. The summed E-state index contributed by atoms with van der Waals surface area (Å²) >= 11 is 1.47. The number of benzene rings is 1. The van der Waals surface area contributed by atoms with Crippen LogP contribution in [0.5, 0.6) is 0 Å². The van der Waals surface area contributed by atoms with E-state index in [0.717, 1.165) is 73.3 Å². The highest BCUT2D eigenvalue weighted by Gasteiger charge is 2.31. The molecule has 2 fully saturated rings. The Kier molecular flexibility index (Phi) is 8.69. The topological polar surface area (TPSA) is 74.8 Å². The molecule has 0 saturated carbocycles. The Morgan fingerprint density at radius 3 is 2.56 bits per heavy atom. The van der Waals surface area contributed by atoms with Crippen LogP contribution in [0.15, 0.2) is 30.3 Å². The highest BCUT2D eigenvalue weighted by atomic mass is 32.1. The highest BCUT2D eigenvalue weighted by Crippen LogP contribution is 2.31. The Morgan fingerprint density at radius 2 is 1.85 bits per heavy atom. The number of piperidine rings is 1. The normalized spacial score (nSPS) is 18.6. The maximum absolute atomic E-state index is 13.2. The number of carbonyl (C=O) groups excluding carboxylic acids is 2. The van der Waals surface area contributed by atoms with Crippen LogP contribution in [0.2, 0.25) is 0 Å². The van der Waals surface area contributed by atoms with E-state index in [1.165, 1.54) is 11.3 Å². The third-order valence-corrected chi connectivity index (χ3v) is 8.21. The minimum Gasteiger partial charge on any atom is -0.379 e. The highest BCUT2D eigenvalue weighted by molar-refractivity contribution is 7.17. The lowest BCUT2D eigenvalue weighted by Crippen LogP contribution is -2.43. The number of ether oxygens (including phenoxy) is 1. The zero-order chi connectivity index (χ0) is 23.9. The third-order valence-electron chi connectivity index (χ3n) is 7.01. The number of hydrogen-bond acceptors (Lipinski definition) is 6. The maximum Gasteiger partial charge on any atom is 0.265 e. The summed E-state index contributed by atoms with van der Waals surface area (Å²) < 4.78 is 5.38. The van der Waals surface area contributed by atoms with E-state index in [2.05, 4.69) is 15.2 Å². The van der Waals surface area contributed by atoms with Crippen LogP contribution in [0, 0.1) is 18.8 Å². The molecule has 1 N–H and O–H groups in total. The van der Waals surface area contributed by atoms with Gasteiger partial charge in [-0.3, -0.25) is 14.5 Å². The quantitative estimate of drug-likeness (QED) is 0.581. The molecule has 4 rings (SSSR count). The van der Waals surface area contributed by atoms with Crippen LogP contribution in [0.1, 0.15) is 41.6 Å². The Bertz CT molecular complexity index is 950. The van der Waals surface area contributed by atoms with Crippen molar-refractivity contribution in [3.8, 4) is 10.6 Å². The fraction of sp³-hybridized carbons (Fsp3) is 0.577. The van der Waals surface area contributed by atoms with E-state index >= 15 is 0 Å². The van der Waals surface area contributed by atoms with E-state index in [-0.39, 0.29) is 17.7 Å². The molecule has 34 heavy (non-hydrogen) atoms. The maximum atomic E-state index is 13.2. The Balaban J connectivity index is 1.22. The molecule has 1 aromatic carbocycles. The lowest BCUT2D eigenvalue weighted by molar-refractivity contribution is -0.126. The van der Waals surface area contributed by atoms with Crippen molar-refractivity contribution in [1.82, 2.24) is 20.1 Å². The summed E-state index contributed by atoms with van der Waals surface area (Å²) in [7, 11) is 0. The Hall–Kier alpha value is -2.29. The molecule has 8 heteroatoms. The largest absolute Gasteiger partial charge is 0.379 e. The van der Waals surface area contributed by atoms with E-state index in [1.807, 2.05) is 49.1 Å². The van der Waals surface area contributed by atoms with Gasteiger partial charge in [-0.2, -0.15) is 0 Å². The van der Waals surface area contributed by atoms with Crippen molar-refractivity contribution < 1.29 is 14.3 Å². The SMILES string of the molecule is Cc1nc(-c2ccccc2)sc1C(=O)N1CCC(C(C)C(=O)NCCCN2CCOCC2)CC1. The summed E-state index contributed by atoms with van der Waals surface area (Å²) in [5, 5.41) is 4.01. The van der Waals surface area contributed by atoms with E-state index < -0.39 is 0 Å². The fourth-order valence-electron chi connectivity index (χ4n) is 4.76. The molecular weight excluding hydrogens is 448 g/mol. The van der Waals surface area contributed by atoms with E-state index in [0.29, 0.717) is 25.6 Å². The number of nitrogens with one attached hydrogen (secondary N) is 1. The zero-order valence-electron chi connectivity index (χ0n) is 20.3. The molecule has 0 bridgehead atoms. The third kappa shape index (κ3) is 6.23. The van der Waals surface area contributed by atoms with Crippen molar-refractivity contribution in [2.24, 2.45) is 11.8 Å². The average molecular weight is 485 g/mol. The van der Waals surface area contributed by atoms with Crippen molar-refractivity contribution in [1.29, 1.82) is 0 Å². The number of morpholine rings is 1. The van der Waals surface area contributed by atoms with Gasteiger partial charge in [0.1, 0.15) is 9.88 Å². The average Bonchev–Trinajstić information content (AvgIpc) is 3.28. The van der Waals surface area contributed by atoms with Crippen LogP contribution in [0.25, 0.3) is 10.6 Å². The van der Waals surface area contributed by atoms with Gasteiger partial charge in [-0.1, -0.05) is 37.3 Å². The number of amides is 2. The molecule has 2 aliphatic heterocycles. The molecule has 1 atom stereocenters. The van der Waals surface area contributed by atoms with Gasteiger partial charge in [-0.25, -0.2) is 4.98 Å². The molecule has 2 aliphatic rings. The summed E-state index contributed by atoms with van der Waals surface area (Å²) in [4.78, 5) is 35.5. The second kappa shape index (κ2) is 11.9. The van der Waals surface area contributed by atoms with Gasteiger partial charge in [-0.05, 0) is 38.6 Å². The first kappa shape index (κ1) is 24.8. The summed E-state index contributed by atoms with van der Waals surface area (Å²) in [6.45, 7) is 10.6. The summed E-state index contributed by atoms with van der Waals surface area (Å²) in [5.74, 6) is 0.481. The van der Waals surface area contributed by atoms with Crippen LogP contribution in [0.4, 0.5) is 0 Å². The van der Waals surface area contributed by atoms with Crippen LogP contribution >= 0.6 is 11.3 Å². The number of carbonyl (C=O) groups is 2. The Morgan fingerprint density at radius 1 is 1.15 bits per heavy atom. The second-order valence-electron chi connectivity index (χ2n) is 9.32.